The highest BCUT2D eigenvalue weighted by Gasteiger charge is 2.34. The molecule has 0 bridgehead atoms. The molecule has 0 spiro atoms. The number of sulfone groups is 1. The quantitative estimate of drug-likeness (QED) is 0.852. The van der Waals surface area contributed by atoms with Gasteiger partial charge >= 0.3 is 0 Å². The van der Waals surface area contributed by atoms with Crippen LogP contribution in [0.2, 0.25) is 0 Å². The Bertz CT molecular complexity index is 519. The molecule has 1 aromatic heterocycles. The molecule has 3 nitrogen and oxygen atoms in total. The highest BCUT2D eigenvalue weighted by molar-refractivity contribution is 9.10. The van der Waals surface area contributed by atoms with Gasteiger partial charge in [-0.15, -0.1) is 11.3 Å². The fraction of sp³-hybridized carbons (Fsp3) is 0.545. The average molecular weight is 337 g/mol. The van der Waals surface area contributed by atoms with Crippen LogP contribution in [0.4, 0.5) is 0 Å². The van der Waals surface area contributed by atoms with Crippen molar-refractivity contribution in [2.45, 2.75) is 30.9 Å². The topological polar surface area (TPSA) is 51.2 Å². The normalized spacial score (nSPS) is 23.5. The highest BCUT2D eigenvalue weighted by Crippen LogP contribution is 2.24. The Hall–Kier alpha value is -0.200. The van der Waals surface area contributed by atoms with E-state index >= 15 is 0 Å². The first kappa shape index (κ1) is 13.2. The number of halogens is 1. The van der Waals surface area contributed by atoms with Gasteiger partial charge in [0.2, 0.25) is 0 Å². The minimum atomic E-state index is -3.19. The van der Waals surface area contributed by atoms with Crippen LogP contribution in [-0.2, 0) is 21.1 Å². The van der Waals surface area contributed by atoms with Gasteiger partial charge in [-0.3, -0.25) is 4.79 Å². The van der Waals surface area contributed by atoms with Gasteiger partial charge in [-0.05, 0) is 34.8 Å². The molecule has 94 valence electrons. The standard InChI is InChI=1S/C11H13BrO3S2/c12-8-5-9(16-7-8)6-10(13)11-3-1-2-4-17(11,14)15/h5,7,11H,1-4,6H2. The molecule has 0 saturated carbocycles. The van der Waals surface area contributed by atoms with Crippen molar-refractivity contribution in [3.05, 3.63) is 20.8 Å². The monoisotopic (exact) mass is 336 g/mol. The summed E-state index contributed by atoms with van der Waals surface area (Å²) in [6, 6.07) is 1.87. The van der Waals surface area contributed by atoms with E-state index < -0.39 is 15.1 Å². The summed E-state index contributed by atoms with van der Waals surface area (Å²) in [5.41, 5.74) is 0. The molecule has 1 aliphatic rings. The summed E-state index contributed by atoms with van der Waals surface area (Å²) >= 11 is 4.80. The van der Waals surface area contributed by atoms with Crippen LogP contribution in [0, 0.1) is 0 Å². The molecule has 1 saturated heterocycles. The smallest absolute Gasteiger partial charge is 0.160 e. The predicted octanol–water partition coefficient (Wildman–Crippen LogP) is 2.59. The molecule has 0 radical (unpaired) electrons. The minimum Gasteiger partial charge on any atom is -0.298 e. The summed E-state index contributed by atoms with van der Waals surface area (Å²) in [7, 11) is -3.19. The molecule has 6 heteroatoms. The molecular formula is C11H13BrO3S2. The Morgan fingerprint density at radius 2 is 2.24 bits per heavy atom. The maximum Gasteiger partial charge on any atom is 0.160 e. The molecule has 1 unspecified atom stereocenters. The third kappa shape index (κ3) is 3.17. The van der Waals surface area contributed by atoms with E-state index in [1.54, 1.807) is 0 Å². The van der Waals surface area contributed by atoms with Crippen molar-refractivity contribution in [3.63, 3.8) is 0 Å². The zero-order chi connectivity index (χ0) is 12.5. The highest BCUT2D eigenvalue weighted by atomic mass is 79.9. The van der Waals surface area contributed by atoms with Gasteiger partial charge in [0.05, 0.1) is 5.75 Å². The maximum atomic E-state index is 12.0. The summed E-state index contributed by atoms with van der Waals surface area (Å²) in [5, 5.41) is 1.13. The number of carbonyl (C=O) groups is 1. The fourth-order valence-electron chi connectivity index (χ4n) is 2.05. The van der Waals surface area contributed by atoms with E-state index in [0.717, 1.165) is 15.8 Å². The number of ketones is 1. The first-order valence-electron chi connectivity index (χ1n) is 5.46. The first-order valence-corrected chi connectivity index (χ1v) is 8.85. The Morgan fingerprint density at radius 1 is 1.47 bits per heavy atom. The second kappa shape index (κ2) is 5.20. The van der Waals surface area contributed by atoms with Crippen LogP contribution in [0.15, 0.2) is 15.9 Å². The molecule has 0 N–H and O–H groups in total. The molecule has 1 aliphatic heterocycles. The molecule has 1 atom stereocenters. The van der Waals surface area contributed by atoms with Gasteiger partial charge in [0.1, 0.15) is 5.25 Å². The summed E-state index contributed by atoms with van der Waals surface area (Å²) in [4.78, 5) is 12.9. The molecule has 17 heavy (non-hydrogen) atoms. The van der Waals surface area contributed by atoms with Crippen LogP contribution in [0.5, 0.6) is 0 Å². The zero-order valence-electron chi connectivity index (χ0n) is 9.19. The lowest BCUT2D eigenvalue weighted by atomic mass is 10.1. The Kier molecular flexibility index (Phi) is 4.05. The lowest BCUT2D eigenvalue weighted by Crippen LogP contribution is -2.36. The number of hydrogen-bond donors (Lipinski definition) is 0. The summed E-state index contributed by atoms with van der Waals surface area (Å²) in [6.07, 6.45) is 2.26. The van der Waals surface area contributed by atoms with Gasteiger partial charge in [-0.2, -0.15) is 0 Å². The zero-order valence-corrected chi connectivity index (χ0v) is 12.4. The van der Waals surface area contributed by atoms with Crippen molar-refractivity contribution in [1.82, 2.24) is 0 Å². The van der Waals surface area contributed by atoms with Gasteiger partial charge in [0.15, 0.2) is 15.6 Å². The van der Waals surface area contributed by atoms with E-state index in [2.05, 4.69) is 15.9 Å². The molecule has 2 rings (SSSR count). The van der Waals surface area contributed by atoms with Crippen molar-refractivity contribution >= 4 is 42.9 Å². The summed E-state index contributed by atoms with van der Waals surface area (Å²) < 4.78 is 24.5. The van der Waals surface area contributed by atoms with Gasteiger partial charge < -0.3 is 0 Å². The Morgan fingerprint density at radius 3 is 2.82 bits per heavy atom. The third-order valence-electron chi connectivity index (χ3n) is 2.91. The maximum absolute atomic E-state index is 12.0. The van der Waals surface area contributed by atoms with Crippen molar-refractivity contribution in [1.29, 1.82) is 0 Å². The van der Waals surface area contributed by atoms with Crippen molar-refractivity contribution in [3.8, 4) is 0 Å². The average Bonchev–Trinajstić information content (AvgIpc) is 2.63. The lowest BCUT2D eigenvalue weighted by molar-refractivity contribution is -0.118. The van der Waals surface area contributed by atoms with E-state index in [4.69, 9.17) is 0 Å². The summed E-state index contributed by atoms with van der Waals surface area (Å²) in [6.45, 7) is 0. The van der Waals surface area contributed by atoms with Gasteiger partial charge in [-0.25, -0.2) is 8.42 Å². The largest absolute Gasteiger partial charge is 0.298 e. The van der Waals surface area contributed by atoms with E-state index in [9.17, 15) is 13.2 Å². The Labute approximate surface area is 113 Å². The van der Waals surface area contributed by atoms with Crippen molar-refractivity contribution in [2.75, 3.05) is 5.75 Å². The van der Waals surface area contributed by atoms with Crippen LogP contribution in [-0.4, -0.2) is 25.2 Å². The number of hydrogen-bond acceptors (Lipinski definition) is 4. The Balaban J connectivity index is 2.09. The number of thiophene rings is 1. The van der Waals surface area contributed by atoms with Gasteiger partial charge in [0.25, 0.3) is 0 Å². The number of rotatable bonds is 3. The number of carbonyl (C=O) groups excluding carboxylic acids is 1. The molecule has 0 aromatic carbocycles. The van der Waals surface area contributed by atoms with Crippen molar-refractivity contribution < 1.29 is 13.2 Å². The number of Topliss-reactive ketones (excluding diaryl/α,β-unsaturated/α-hetero) is 1. The van der Waals surface area contributed by atoms with E-state index in [0.29, 0.717) is 12.8 Å². The lowest BCUT2D eigenvalue weighted by Gasteiger charge is -2.20. The van der Waals surface area contributed by atoms with Gasteiger partial charge in [0, 0.05) is 21.2 Å². The van der Waals surface area contributed by atoms with E-state index in [1.807, 2.05) is 11.4 Å². The van der Waals surface area contributed by atoms with E-state index in [1.165, 1.54) is 11.3 Å². The third-order valence-corrected chi connectivity index (χ3v) is 6.83. The predicted molar refractivity (Wildman–Crippen MR) is 72.2 cm³/mol. The van der Waals surface area contributed by atoms with Gasteiger partial charge in [-0.1, -0.05) is 6.42 Å². The van der Waals surface area contributed by atoms with Crippen LogP contribution < -0.4 is 0 Å². The fourth-order valence-corrected chi connectivity index (χ4v) is 5.41. The second-order valence-corrected chi connectivity index (χ2v) is 8.44. The first-order chi connectivity index (χ1) is 7.99. The van der Waals surface area contributed by atoms with Crippen LogP contribution in [0.3, 0.4) is 0 Å². The summed E-state index contributed by atoms with van der Waals surface area (Å²) in [5.74, 6) is 0.0106. The molecule has 2 heterocycles. The van der Waals surface area contributed by atoms with Crippen LogP contribution in [0.25, 0.3) is 0 Å². The molecular weight excluding hydrogens is 324 g/mol. The van der Waals surface area contributed by atoms with Crippen LogP contribution in [0.1, 0.15) is 24.1 Å². The molecule has 1 aromatic rings. The minimum absolute atomic E-state index is 0.154. The second-order valence-electron chi connectivity index (χ2n) is 4.23. The molecule has 1 fully saturated rings. The molecule has 0 aliphatic carbocycles. The molecule has 0 amide bonds. The SMILES string of the molecule is O=C(Cc1cc(Br)cs1)C1CCCCS1(=O)=O. The van der Waals surface area contributed by atoms with Crippen molar-refractivity contribution in [2.24, 2.45) is 0 Å². The van der Waals surface area contributed by atoms with Crippen LogP contribution >= 0.6 is 27.3 Å². The van der Waals surface area contributed by atoms with E-state index in [-0.39, 0.29) is 18.0 Å².